The van der Waals surface area contributed by atoms with Crippen LogP contribution >= 0.6 is 0 Å². The van der Waals surface area contributed by atoms with Crippen molar-refractivity contribution < 1.29 is 14.4 Å². The summed E-state index contributed by atoms with van der Waals surface area (Å²) in [6.45, 7) is 5.56. The summed E-state index contributed by atoms with van der Waals surface area (Å²) >= 11 is 0. The van der Waals surface area contributed by atoms with E-state index in [1.165, 1.54) is 32.1 Å². The molecule has 4 nitrogen and oxygen atoms in total. The summed E-state index contributed by atoms with van der Waals surface area (Å²) < 4.78 is 13.8. The van der Waals surface area contributed by atoms with E-state index in [4.69, 9.17) is 5.21 Å². The fourth-order valence-electron chi connectivity index (χ4n) is 4.19. The lowest BCUT2D eigenvalue weighted by Crippen LogP contribution is -2.30. The molecule has 1 fully saturated rings. The lowest BCUT2D eigenvalue weighted by Gasteiger charge is -2.22. The molecule has 1 amide bonds. The molecule has 1 saturated carbocycles. The van der Waals surface area contributed by atoms with Crippen molar-refractivity contribution in [3.63, 3.8) is 0 Å². The van der Waals surface area contributed by atoms with Crippen LogP contribution in [-0.2, 0) is 11.2 Å². The van der Waals surface area contributed by atoms with Crippen LogP contribution in [0.1, 0.15) is 68.1 Å². The second-order valence-electron chi connectivity index (χ2n) is 8.12. The number of unbranched alkanes of at least 4 members (excludes halogenated alkanes) is 1. The maximum absolute atomic E-state index is 13.8. The zero-order chi connectivity index (χ0) is 19.6. The molecular formula is C22H35FN2O2. The molecule has 5 heteroatoms. The number of benzene rings is 1. The number of aryl methyl sites for hydroxylation is 2. The summed E-state index contributed by atoms with van der Waals surface area (Å²) in [6, 6.07) is 3.59. The molecule has 0 saturated heterocycles. The van der Waals surface area contributed by atoms with Gasteiger partial charge in [0, 0.05) is 5.92 Å². The van der Waals surface area contributed by atoms with Gasteiger partial charge in [0.1, 0.15) is 5.82 Å². The Morgan fingerprint density at radius 1 is 1.19 bits per heavy atom. The molecule has 0 unspecified atom stereocenters. The third-order valence-electron chi connectivity index (χ3n) is 5.77. The first-order valence-electron chi connectivity index (χ1n) is 10.4. The third kappa shape index (κ3) is 7.23. The number of nitrogens with one attached hydrogen (secondary N) is 2. The van der Waals surface area contributed by atoms with Gasteiger partial charge in [-0.3, -0.25) is 10.0 Å². The van der Waals surface area contributed by atoms with Crippen molar-refractivity contribution in [3.8, 4) is 0 Å². The van der Waals surface area contributed by atoms with Gasteiger partial charge in [0.25, 0.3) is 0 Å². The summed E-state index contributed by atoms with van der Waals surface area (Å²) in [7, 11) is 0. The number of hydrogen-bond acceptors (Lipinski definition) is 3. The minimum atomic E-state index is -0.357. The molecule has 0 heterocycles. The second-order valence-corrected chi connectivity index (χ2v) is 8.12. The van der Waals surface area contributed by atoms with Gasteiger partial charge in [0.15, 0.2) is 0 Å². The van der Waals surface area contributed by atoms with E-state index in [-0.39, 0.29) is 17.6 Å². The second kappa shape index (κ2) is 11.4. The van der Waals surface area contributed by atoms with Gasteiger partial charge in [-0.05, 0) is 81.6 Å². The van der Waals surface area contributed by atoms with Gasteiger partial charge < -0.3 is 5.32 Å². The first-order chi connectivity index (χ1) is 13.0. The SMILES string of the molecule is Cc1cc(C[C@H](CCCCNCC2CCCCC2)C(=O)NO)cc(C)c1F. The van der Waals surface area contributed by atoms with Gasteiger partial charge in [-0.25, -0.2) is 9.87 Å². The molecule has 1 aliphatic carbocycles. The topological polar surface area (TPSA) is 61.4 Å². The highest BCUT2D eigenvalue weighted by atomic mass is 19.1. The number of hydrogen-bond donors (Lipinski definition) is 3. The molecule has 152 valence electrons. The largest absolute Gasteiger partial charge is 0.316 e. The first-order valence-corrected chi connectivity index (χ1v) is 10.4. The third-order valence-corrected chi connectivity index (χ3v) is 5.77. The zero-order valence-electron chi connectivity index (χ0n) is 16.8. The van der Waals surface area contributed by atoms with Crippen molar-refractivity contribution in [1.82, 2.24) is 10.8 Å². The Balaban J connectivity index is 1.75. The lowest BCUT2D eigenvalue weighted by molar-refractivity contribution is -0.133. The Bertz CT molecular complexity index is 577. The van der Waals surface area contributed by atoms with Crippen molar-refractivity contribution in [1.29, 1.82) is 0 Å². The quantitative estimate of drug-likeness (QED) is 0.320. The van der Waals surface area contributed by atoms with Crippen LogP contribution in [0.5, 0.6) is 0 Å². The van der Waals surface area contributed by atoms with E-state index in [2.05, 4.69) is 5.32 Å². The van der Waals surface area contributed by atoms with E-state index >= 15 is 0 Å². The highest BCUT2D eigenvalue weighted by Gasteiger charge is 2.19. The van der Waals surface area contributed by atoms with Gasteiger partial charge in [-0.2, -0.15) is 0 Å². The number of hydroxylamine groups is 1. The number of amides is 1. The molecule has 1 aliphatic rings. The lowest BCUT2D eigenvalue weighted by atomic mass is 9.89. The van der Waals surface area contributed by atoms with E-state index in [1.807, 2.05) is 0 Å². The van der Waals surface area contributed by atoms with Crippen molar-refractivity contribution in [3.05, 3.63) is 34.6 Å². The molecule has 27 heavy (non-hydrogen) atoms. The standard InChI is InChI=1S/C22H35FN2O2/c1-16-12-19(13-17(2)21(16)23)14-20(22(26)25-27)10-6-7-11-24-15-18-8-4-3-5-9-18/h12-13,18,20,24,27H,3-11,14-15H2,1-2H3,(H,25,26)/t20-/m0/s1. The fourth-order valence-corrected chi connectivity index (χ4v) is 4.19. The average Bonchev–Trinajstić information content (AvgIpc) is 2.67. The van der Waals surface area contributed by atoms with E-state index < -0.39 is 0 Å². The molecule has 1 aromatic rings. The Morgan fingerprint density at radius 2 is 1.85 bits per heavy atom. The van der Waals surface area contributed by atoms with Crippen molar-refractivity contribution in [2.24, 2.45) is 11.8 Å². The Labute approximate surface area is 162 Å². The minimum Gasteiger partial charge on any atom is -0.316 e. The number of halogens is 1. The summed E-state index contributed by atoms with van der Waals surface area (Å²) in [5.41, 5.74) is 3.93. The molecule has 0 aliphatic heterocycles. The normalized spacial score (nSPS) is 16.3. The summed E-state index contributed by atoms with van der Waals surface area (Å²) in [6.07, 6.45) is 10.00. The van der Waals surface area contributed by atoms with E-state index in [0.29, 0.717) is 24.0 Å². The predicted octanol–water partition coefficient (Wildman–Crippen LogP) is 4.45. The molecule has 0 aromatic heterocycles. The van der Waals surface area contributed by atoms with Crippen LogP contribution < -0.4 is 10.8 Å². The van der Waals surface area contributed by atoms with Gasteiger partial charge in [-0.1, -0.05) is 37.8 Å². The van der Waals surface area contributed by atoms with Crippen molar-refractivity contribution in [2.75, 3.05) is 13.1 Å². The van der Waals surface area contributed by atoms with Crippen LogP contribution in [0.15, 0.2) is 12.1 Å². The monoisotopic (exact) mass is 378 g/mol. The Kier molecular flexibility index (Phi) is 9.22. The van der Waals surface area contributed by atoms with Crippen LogP contribution in [0.2, 0.25) is 0 Å². The van der Waals surface area contributed by atoms with E-state index in [9.17, 15) is 9.18 Å². The van der Waals surface area contributed by atoms with E-state index in [1.54, 1.807) is 31.5 Å². The Hall–Kier alpha value is -1.46. The predicted molar refractivity (Wildman–Crippen MR) is 106 cm³/mol. The number of rotatable bonds is 10. The zero-order valence-corrected chi connectivity index (χ0v) is 16.8. The van der Waals surface area contributed by atoms with Gasteiger partial charge in [-0.15, -0.1) is 0 Å². The van der Waals surface area contributed by atoms with Gasteiger partial charge >= 0.3 is 0 Å². The summed E-state index contributed by atoms with van der Waals surface area (Å²) in [4.78, 5) is 12.0. The smallest absolute Gasteiger partial charge is 0.246 e. The van der Waals surface area contributed by atoms with Crippen molar-refractivity contribution >= 4 is 5.91 Å². The molecule has 2 rings (SSSR count). The number of carbonyl (C=O) groups is 1. The highest BCUT2D eigenvalue weighted by Crippen LogP contribution is 2.23. The van der Waals surface area contributed by atoms with Crippen LogP contribution in [-0.4, -0.2) is 24.2 Å². The van der Waals surface area contributed by atoms with Gasteiger partial charge in [0.05, 0.1) is 0 Å². The fraction of sp³-hybridized carbons (Fsp3) is 0.682. The summed E-state index contributed by atoms with van der Waals surface area (Å²) in [5, 5.41) is 12.6. The Morgan fingerprint density at radius 3 is 2.48 bits per heavy atom. The molecule has 3 N–H and O–H groups in total. The average molecular weight is 379 g/mol. The molecule has 0 bridgehead atoms. The van der Waals surface area contributed by atoms with Crippen LogP contribution in [0, 0.1) is 31.5 Å². The van der Waals surface area contributed by atoms with E-state index in [0.717, 1.165) is 37.4 Å². The highest BCUT2D eigenvalue weighted by molar-refractivity contribution is 5.77. The van der Waals surface area contributed by atoms with Crippen LogP contribution in [0.4, 0.5) is 4.39 Å². The minimum absolute atomic E-state index is 0.189. The maximum Gasteiger partial charge on any atom is 0.246 e. The van der Waals surface area contributed by atoms with Crippen LogP contribution in [0.25, 0.3) is 0 Å². The molecule has 1 atom stereocenters. The maximum atomic E-state index is 13.8. The summed E-state index contributed by atoms with van der Waals surface area (Å²) in [5.74, 6) is -0.00929. The van der Waals surface area contributed by atoms with Crippen molar-refractivity contribution in [2.45, 2.75) is 71.6 Å². The first kappa shape index (κ1) is 21.8. The molecule has 1 aromatic carbocycles. The van der Waals surface area contributed by atoms with Crippen LogP contribution in [0.3, 0.4) is 0 Å². The number of carbonyl (C=O) groups excluding carboxylic acids is 1. The molecule has 0 spiro atoms. The molecular weight excluding hydrogens is 343 g/mol. The van der Waals surface area contributed by atoms with Gasteiger partial charge in [0.2, 0.25) is 5.91 Å². The molecule has 0 radical (unpaired) electrons.